The molecule has 0 spiro atoms. The summed E-state index contributed by atoms with van der Waals surface area (Å²) in [6.45, 7) is 6.66. The minimum atomic E-state index is -0.571. The van der Waals surface area contributed by atoms with Crippen molar-refractivity contribution in [1.29, 1.82) is 0 Å². The van der Waals surface area contributed by atoms with Crippen LogP contribution in [0.4, 0.5) is 0 Å². The molecule has 8 nitrogen and oxygen atoms in total. The average molecular weight is 497 g/mol. The second kappa shape index (κ2) is 10.4. The first kappa shape index (κ1) is 22.1. The average Bonchev–Trinajstić information content (AvgIpc) is 3.37. The Labute approximate surface area is 186 Å². The van der Waals surface area contributed by atoms with Gasteiger partial charge in [0.1, 0.15) is 0 Å². The van der Waals surface area contributed by atoms with E-state index in [-0.39, 0.29) is 18.1 Å². The molecule has 0 fully saturated rings. The van der Waals surface area contributed by atoms with Crippen LogP contribution in [0.2, 0.25) is 0 Å². The molecule has 0 aliphatic rings. The van der Waals surface area contributed by atoms with Gasteiger partial charge in [-0.2, -0.15) is 0 Å². The third kappa shape index (κ3) is 5.31. The van der Waals surface area contributed by atoms with E-state index in [9.17, 15) is 4.79 Å². The van der Waals surface area contributed by atoms with Gasteiger partial charge in [-0.1, -0.05) is 0 Å². The molecule has 0 unspecified atom stereocenters. The molecular weight excluding hydrogens is 476 g/mol. The smallest absolute Gasteiger partial charge is 0.338 e. The second-order valence-electron chi connectivity index (χ2n) is 5.78. The fraction of sp³-hybridized carbons (Fsp3) is 0.350. The summed E-state index contributed by atoms with van der Waals surface area (Å²) in [6, 6.07) is 6.90. The lowest BCUT2D eigenvalue weighted by Crippen LogP contribution is -2.09. The Morgan fingerprint density at radius 2 is 1.70 bits per heavy atom. The van der Waals surface area contributed by atoms with Gasteiger partial charge in [-0.25, -0.2) is 4.79 Å². The van der Waals surface area contributed by atoms with Gasteiger partial charge in [0, 0.05) is 0 Å². The monoisotopic (exact) mass is 496 g/mol. The number of hydrogen-bond acceptors (Lipinski definition) is 9. The van der Waals surface area contributed by atoms with Gasteiger partial charge in [-0.3, -0.25) is 0 Å². The molecule has 0 N–H and O–H groups in total. The van der Waals surface area contributed by atoms with Crippen LogP contribution in [0.1, 0.15) is 37.0 Å². The van der Waals surface area contributed by atoms with Crippen molar-refractivity contribution in [3.8, 4) is 28.0 Å². The number of thiophene rings is 1. The fourth-order valence-electron chi connectivity index (χ4n) is 2.56. The third-order valence-electron chi connectivity index (χ3n) is 3.72. The van der Waals surface area contributed by atoms with E-state index in [0.717, 1.165) is 8.66 Å². The van der Waals surface area contributed by atoms with Crippen LogP contribution in [0.25, 0.3) is 10.8 Å². The quantitative estimate of drug-likeness (QED) is 0.357. The fourth-order valence-corrected chi connectivity index (χ4v) is 3.87. The molecule has 10 heteroatoms. The first-order valence-electron chi connectivity index (χ1n) is 9.37. The molecule has 0 aliphatic carbocycles. The van der Waals surface area contributed by atoms with E-state index in [4.69, 9.17) is 23.4 Å². The minimum absolute atomic E-state index is 0.153. The Kier molecular flexibility index (Phi) is 7.69. The largest absolute Gasteiger partial charge is 0.490 e. The lowest BCUT2D eigenvalue weighted by Gasteiger charge is -2.16. The van der Waals surface area contributed by atoms with E-state index in [1.807, 2.05) is 32.9 Å². The van der Waals surface area contributed by atoms with E-state index in [1.54, 1.807) is 12.1 Å². The number of benzene rings is 1. The van der Waals surface area contributed by atoms with Crippen molar-refractivity contribution in [2.75, 3.05) is 19.8 Å². The number of carbonyl (C=O) groups is 1. The normalized spacial score (nSPS) is 10.7. The van der Waals surface area contributed by atoms with E-state index < -0.39 is 5.97 Å². The molecule has 3 rings (SSSR count). The van der Waals surface area contributed by atoms with Crippen molar-refractivity contribution >= 4 is 33.2 Å². The number of hydrogen-bond donors (Lipinski definition) is 0. The van der Waals surface area contributed by atoms with Gasteiger partial charge in [0.15, 0.2) is 18.1 Å². The molecule has 0 saturated carbocycles. The molecule has 0 radical (unpaired) electrons. The number of esters is 1. The van der Waals surface area contributed by atoms with Crippen LogP contribution in [-0.2, 0) is 11.3 Å². The first-order chi connectivity index (χ1) is 14.5. The standard InChI is InChI=1S/C20H21BrN2O6S/c1-4-25-13-9-12(10-14(26-5-2)18(13)27-6-3)20(24)28-11-17-22-23-19(29-17)15-7-8-16(21)30-15/h7-10H,4-6,11H2,1-3H3. The van der Waals surface area contributed by atoms with Gasteiger partial charge >= 0.3 is 5.97 Å². The summed E-state index contributed by atoms with van der Waals surface area (Å²) in [5.74, 6) is 1.29. The Hall–Kier alpha value is -2.59. The molecule has 2 aromatic heterocycles. The number of rotatable bonds is 10. The maximum Gasteiger partial charge on any atom is 0.338 e. The van der Waals surface area contributed by atoms with E-state index in [2.05, 4.69) is 26.1 Å². The highest BCUT2D eigenvalue weighted by molar-refractivity contribution is 9.11. The van der Waals surface area contributed by atoms with Crippen LogP contribution >= 0.6 is 27.3 Å². The molecule has 30 heavy (non-hydrogen) atoms. The molecule has 160 valence electrons. The second-order valence-corrected chi connectivity index (χ2v) is 8.24. The summed E-state index contributed by atoms with van der Waals surface area (Å²) in [5, 5.41) is 7.91. The summed E-state index contributed by atoms with van der Waals surface area (Å²) in [6.07, 6.45) is 0. The molecule has 0 amide bonds. The first-order valence-corrected chi connectivity index (χ1v) is 11.0. The summed E-state index contributed by atoms with van der Waals surface area (Å²) >= 11 is 4.86. The highest BCUT2D eigenvalue weighted by Crippen LogP contribution is 2.39. The molecule has 0 atom stereocenters. The predicted octanol–water partition coefficient (Wildman–Crippen LogP) is 5.11. The van der Waals surface area contributed by atoms with Crippen LogP contribution in [-0.4, -0.2) is 36.0 Å². The van der Waals surface area contributed by atoms with Gasteiger partial charge in [0.05, 0.1) is 34.0 Å². The van der Waals surface area contributed by atoms with Crippen molar-refractivity contribution < 1.29 is 28.2 Å². The maximum absolute atomic E-state index is 12.6. The topological polar surface area (TPSA) is 92.9 Å². The zero-order valence-corrected chi connectivity index (χ0v) is 19.2. The molecule has 3 aromatic rings. The number of aromatic nitrogens is 2. The van der Waals surface area contributed by atoms with Crippen molar-refractivity contribution in [3.05, 3.63) is 39.5 Å². The number of halogens is 1. The van der Waals surface area contributed by atoms with E-state index in [0.29, 0.717) is 43.0 Å². The summed E-state index contributed by atoms with van der Waals surface area (Å²) in [5.41, 5.74) is 0.271. The van der Waals surface area contributed by atoms with E-state index in [1.165, 1.54) is 11.3 Å². The third-order valence-corrected chi connectivity index (χ3v) is 5.33. The molecular formula is C20H21BrN2O6S. The van der Waals surface area contributed by atoms with Gasteiger partial charge in [-0.15, -0.1) is 21.5 Å². The minimum Gasteiger partial charge on any atom is -0.490 e. The van der Waals surface area contributed by atoms with Crippen molar-refractivity contribution in [1.82, 2.24) is 10.2 Å². The van der Waals surface area contributed by atoms with Crippen molar-refractivity contribution in [3.63, 3.8) is 0 Å². The molecule has 0 saturated heterocycles. The summed E-state index contributed by atoms with van der Waals surface area (Å²) in [7, 11) is 0. The Morgan fingerprint density at radius 1 is 1.03 bits per heavy atom. The summed E-state index contributed by atoms with van der Waals surface area (Å²) < 4.78 is 28.8. The van der Waals surface area contributed by atoms with Crippen molar-refractivity contribution in [2.24, 2.45) is 0 Å². The Bertz CT molecular complexity index is 976. The van der Waals surface area contributed by atoms with E-state index >= 15 is 0 Å². The Morgan fingerprint density at radius 3 is 2.27 bits per heavy atom. The lowest BCUT2D eigenvalue weighted by molar-refractivity contribution is 0.0437. The SMILES string of the molecule is CCOc1cc(C(=O)OCc2nnc(-c3ccc(Br)s3)o2)cc(OCC)c1OCC. The molecule has 0 bridgehead atoms. The van der Waals surface area contributed by atoms with Gasteiger partial charge in [0.2, 0.25) is 5.75 Å². The zero-order valence-electron chi connectivity index (χ0n) is 16.8. The van der Waals surface area contributed by atoms with Crippen molar-refractivity contribution in [2.45, 2.75) is 27.4 Å². The number of ether oxygens (including phenoxy) is 4. The predicted molar refractivity (Wildman–Crippen MR) is 114 cm³/mol. The lowest BCUT2D eigenvalue weighted by atomic mass is 10.2. The zero-order chi connectivity index (χ0) is 21.5. The summed E-state index contributed by atoms with van der Waals surface area (Å²) in [4.78, 5) is 13.4. The van der Waals surface area contributed by atoms with Crippen LogP contribution in [0, 0.1) is 0 Å². The maximum atomic E-state index is 12.6. The number of nitrogens with zero attached hydrogens (tertiary/aromatic N) is 2. The van der Waals surface area contributed by atoms with Gasteiger partial charge < -0.3 is 23.4 Å². The van der Waals surface area contributed by atoms with Gasteiger partial charge in [0.25, 0.3) is 11.8 Å². The van der Waals surface area contributed by atoms with Crippen LogP contribution in [0.5, 0.6) is 17.2 Å². The highest BCUT2D eigenvalue weighted by atomic mass is 79.9. The van der Waals surface area contributed by atoms with Crippen LogP contribution in [0.15, 0.2) is 32.5 Å². The number of carbonyl (C=O) groups excluding carboxylic acids is 1. The van der Waals surface area contributed by atoms with Gasteiger partial charge in [-0.05, 0) is 61.0 Å². The molecule has 1 aromatic carbocycles. The van der Waals surface area contributed by atoms with Crippen LogP contribution in [0.3, 0.4) is 0 Å². The molecule has 0 aliphatic heterocycles. The Balaban J connectivity index is 1.75. The van der Waals surface area contributed by atoms with Crippen LogP contribution < -0.4 is 14.2 Å². The molecule has 2 heterocycles. The highest BCUT2D eigenvalue weighted by Gasteiger charge is 2.20.